The predicted molar refractivity (Wildman–Crippen MR) is 127 cm³/mol. The SMILES string of the molecule is O=C([C@@H]1Cc2cc(Cl)cc(-c3ccnc4[nH]ccc34)c2O1)N1CCC(c2ccncc2)CC1. The average molecular weight is 459 g/mol. The highest BCUT2D eigenvalue weighted by atomic mass is 35.5. The van der Waals surface area contributed by atoms with Gasteiger partial charge in [-0.3, -0.25) is 9.78 Å². The van der Waals surface area contributed by atoms with E-state index in [1.807, 2.05) is 47.8 Å². The lowest BCUT2D eigenvalue weighted by molar-refractivity contribution is -0.139. The summed E-state index contributed by atoms with van der Waals surface area (Å²) in [5.41, 5.74) is 4.98. The van der Waals surface area contributed by atoms with Crippen molar-refractivity contribution >= 4 is 28.5 Å². The number of hydrogen-bond acceptors (Lipinski definition) is 4. The second-order valence-corrected chi connectivity index (χ2v) is 9.17. The normalized spacial score (nSPS) is 18.3. The van der Waals surface area contributed by atoms with Crippen LogP contribution < -0.4 is 4.74 Å². The van der Waals surface area contributed by atoms with Crippen LogP contribution in [-0.2, 0) is 11.2 Å². The van der Waals surface area contributed by atoms with Crippen molar-refractivity contribution in [3.63, 3.8) is 0 Å². The van der Waals surface area contributed by atoms with E-state index in [1.54, 1.807) is 6.20 Å². The molecule has 1 N–H and O–H groups in total. The van der Waals surface area contributed by atoms with Gasteiger partial charge in [-0.2, -0.15) is 0 Å². The van der Waals surface area contributed by atoms with E-state index in [-0.39, 0.29) is 5.91 Å². The quantitative estimate of drug-likeness (QED) is 0.469. The van der Waals surface area contributed by atoms with Crippen molar-refractivity contribution in [3.8, 4) is 16.9 Å². The minimum atomic E-state index is -0.516. The maximum absolute atomic E-state index is 13.4. The van der Waals surface area contributed by atoms with Crippen molar-refractivity contribution in [2.45, 2.75) is 31.3 Å². The number of carbonyl (C=O) groups is 1. The number of benzene rings is 1. The maximum Gasteiger partial charge on any atom is 0.263 e. The first-order valence-corrected chi connectivity index (χ1v) is 11.7. The lowest BCUT2D eigenvalue weighted by Crippen LogP contribution is -2.45. The highest BCUT2D eigenvalue weighted by Crippen LogP contribution is 2.43. The Balaban J connectivity index is 1.22. The van der Waals surface area contributed by atoms with Crippen LogP contribution >= 0.6 is 11.6 Å². The molecule has 0 radical (unpaired) electrons. The Hall–Kier alpha value is -3.38. The zero-order chi connectivity index (χ0) is 22.4. The van der Waals surface area contributed by atoms with Gasteiger partial charge in [0.15, 0.2) is 6.10 Å². The lowest BCUT2D eigenvalue weighted by Gasteiger charge is -2.33. The van der Waals surface area contributed by atoms with E-state index in [2.05, 4.69) is 27.1 Å². The van der Waals surface area contributed by atoms with Crippen molar-refractivity contribution in [2.75, 3.05) is 13.1 Å². The van der Waals surface area contributed by atoms with Gasteiger partial charge in [0.25, 0.3) is 5.91 Å². The van der Waals surface area contributed by atoms with E-state index in [4.69, 9.17) is 16.3 Å². The number of halogens is 1. The monoisotopic (exact) mass is 458 g/mol. The molecule has 7 heteroatoms. The van der Waals surface area contributed by atoms with Gasteiger partial charge in [-0.05, 0) is 66.3 Å². The minimum Gasteiger partial charge on any atom is -0.479 e. The molecule has 1 fully saturated rings. The van der Waals surface area contributed by atoms with Crippen molar-refractivity contribution in [1.29, 1.82) is 0 Å². The van der Waals surface area contributed by atoms with Crippen LogP contribution in [0.25, 0.3) is 22.2 Å². The van der Waals surface area contributed by atoms with Gasteiger partial charge < -0.3 is 14.6 Å². The Labute approximate surface area is 196 Å². The summed E-state index contributed by atoms with van der Waals surface area (Å²) in [6.45, 7) is 1.48. The third-order valence-corrected chi connectivity index (χ3v) is 7.02. The Morgan fingerprint density at radius 2 is 1.88 bits per heavy atom. The molecular weight excluding hydrogens is 436 g/mol. The predicted octanol–water partition coefficient (Wildman–Crippen LogP) is 4.99. The van der Waals surface area contributed by atoms with Crippen LogP contribution in [0.1, 0.15) is 29.9 Å². The molecule has 0 saturated carbocycles. The molecule has 3 aromatic heterocycles. The number of nitrogens with zero attached hydrogens (tertiary/aromatic N) is 3. The molecule has 4 aromatic rings. The molecule has 6 nitrogen and oxygen atoms in total. The number of rotatable bonds is 3. The number of ether oxygens (including phenoxy) is 1. The molecule has 6 rings (SSSR count). The largest absolute Gasteiger partial charge is 0.479 e. The molecule has 0 spiro atoms. The van der Waals surface area contributed by atoms with Gasteiger partial charge in [0.05, 0.1) is 0 Å². The molecule has 2 aliphatic rings. The molecule has 1 saturated heterocycles. The number of pyridine rings is 2. The van der Waals surface area contributed by atoms with E-state index in [0.29, 0.717) is 17.4 Å². The van der Waals surface area contributed by atoms with Crippen molar-refractivity contribution < 1.29 is 9.53 Å². The van der Waals surface area contributed by atoms with Crippen molar-refractivity contribution in [2.24, 2.45) is 0 Å². The van der Waals surface area contributed by atoms with Crippen molar-refractivity contribution in [3.05, 3.63) is 77.3 Å². The molecule has 1 amide bonds. The number of amides is 1. The van der Waals surface area contributed by atoms with Gasteiger partial charge in [0, 0.05) is 65.8 Å². The minimum absolute atomic E-state index is 0.0583. The zero-order valence-electron chi connectivity index (χ0n) is 18.0. The van der Waals surface area contributed by atoms with E-state index < -0.39 is 6.10 Å². The maximum atomic E-state index is 13.4. The van der Waals surface area contributed by atoms with E-state index in [1.165, 1.54) is 5.56 Å². The molecule has 5 heterocycles. The fraction of sp³-hybridized carbons (Fsp3) is 0.269. The first-order chi connectivity index (χ1) is 16.2. The van der Waals surface area contributed by atoms with Crippen LogP contribution in [0.15, 0.2) is 61.2 Å². The number of aromatic nitrogens is 3. The van der Waals surface area contributed by atoms with Crippen LogP contribution in [0, 0.1) is 0 Å². The second-order valence-electron chi connectivity index (χ2n) is 8.73. The Kier molecular flexibility index (Phi) is 5.03. The van der Waals surface area contributed by atoms with E-state index in [9.17, 15) is 4.79 Å². The number of aromatic amines is 1. The zero-order valence-corrected chi connectivity index (χ0v) is 18.8. The molecule has 2 aliphatic heterocycles. The number of likely N-dealkylation sites (tertiary alicyclic amines) is 1. The summed E-state index contributed by atoms with van der Waals surface area (Å²) in [5.74, 6) is 1.28. The molecule has 0 bridgehead atoms. The highest BCUT2D eigenvalue weighted by molar-refractivity contribution is 6.31. The lowest BCUT2D eigenvalue weighted by atomic mass is 9.90. The van der Waals surface area contributed by atoms with Crippen LogP contribution in [0.5, 0.6) is 5.75 Å². The number of H-pyrrole nitrogens is 1. The molecule has 1 atom stereocenters. The molecule has 33 heavy (non-hydrogen) atoms. The molecule has 166 valence electrons. The third-order valence-electron chi connectivity index (χ3n) is 6.81. The Bertz CT molecular complexity index is 1330. The van der Waals surface area contributed by atoms with Gasteiger partial charge in [0.2, 0.25) is 0 Å². The Morgan fingerprint density at radius 1 is 1.06 bits per heavy atom. The summed E-state index contributed by atoms with van der Waals surface area (Å²) in [7, 11) is 0. The van der Waals surface area contributed by atoms with Gasteiger partial charge in [-0.25, -0.2) is 4.98 Å². The van der Waals surface area contributed by atoms with Gasteiger partial charge >= 0.3 is 0 Å². The number of piperidine rings is 1. The molecule has 0 unspecified atom stereocenters. The summed E-state index contributed by atoms with van der Waals surface area (Å²) >= 11 is 6.47. The smallest absolute Gasteiger partial charge is 0.263 e. The second kappa shape index (κ2) is 8.19. The molecular formula is C26H23ClN4O2. The van der Waals surface area contributed by atoms with E-state index in [0.717, 1.165) is 59.4 Å². The van der Waals surface area contributed by atoms with Gasteiger partial charge in [-0.1, -0.05) is 11.6 Å². The standard InChI is InChI=1S/C26H23ClN4O2/c27-19-13-18-14-23(26(32)31-11-5-17(6-12-31)16-1-7-28-8-2-16)33-24(18)22(15-19)20-3-9-29-25-21(20)4-10-30-25/h1-4,7-10,13,15,17,23H,5-6,11-12,14H2,(H,29,30)/t23-/m0/s1. The van der Waals surface area contributed by atoms with Crippen molar-refractivity contribution in [1.82, 2.24) is 19.9 Å². The first kappa shape index (κ1) is 20.2. The summed E-state index contributed by atoms with van der Waals surface area (Å²) in [4.78, 5) is 26.9. The van der Waals surface area contributed by atoms with Crippen LogP contribution in [-0.4, -0.2) is 45.0 Å². The highest BCUT2D eigenvalue weighted by Gasteiger charge is 2.36. The van der Waals surface area contributed by atoms with Gasteiger partial charge in [0.1, 0.15) is 11.4 Å². The number of hydrogen-bond donors (Lipinski definition) is 1. The number of carbonyl (C=O) groups excluding carboxylic acids is 1. The molecule has 0 aliphatic carbocycles. The first-order valence-electron chi connectivity index (χ1n) is 11.3. The summed E-state index contributed by atoms with van der Waals surface area (Å²) in [5, 5.41) is 1.64. The number of fused-ring (bicyclic) bond motifs is 2. The fourth-order valence-corrected chi connectivity index (χ4v) is 5.37. The van der Waals surface area contributed by atoms with Gasteiger partial charge in [-0.15, -0.1) is 0 Å². The summed E-state index contributed by atoms with van der Waals surface area (Å²) in [6, 6.07) is 11.9. The van der Waals surface area contributed by atoms with Crippen LogP contribution in [0.3, 0.4) is 0 Å². The van der Waals surface area contributed by atoms with E-state index >= 15 is 0 Å². The fourth-order valence-electron chi connectivity index (χ4n) is 5.13. The summed E-state index contributed by atoms with van der Waals surface area (Å²) < 4.78 is 6.31. The van der Waals surface area contributed by atoms with Crippen LogP contribution in [0.2, 0.25) is 5.02 Å². The average Bonchev–Trinajstić information content (AvgIpc) is 3.51. The number of nitrogens with one attached hydrogen (secondary N) is 1. The Morgan fingerprint density at radius 3 is 2.70 bits per heavy atom. The third kappa shape index (κ3) is 3.64. The van der Waals surface area contributed by atoms with Crippen LogP contribution in [0.4, 0.5) is 0 Å². The topological polar surface area (TPSA) is 71.1 Å². The summed E-state index contributed by atoms with van der Waals surface area (Å²) in [6.07, 6.45) is 9.24. The molecule has 1 aromatic carbocycles.